The lowest BCUT2D eigenvalue weighted by molar-refractivity contribution is -0.123. The number of nitrogens with two attached hydrogens (primary N) is 1. The summed E-state index contributed by atoms with van der Waals surface area (Å²) in [5, 5.41) is 2.56. The van der Waals surface area contributed by atoms with Crippen molar-refractivity contribution >= 4 is 27.5 Å². The number of hydrogen-bond acceptors (Lipinski definition) is 6. The van der Waals surface area contributed by atoms with E-state index >= 15 is 0 Å². The van der Waals surface area contributed by atoms with Crippen molar-refractivity contribution in [1.82, 2.24) is 9.21 Å². The van der Waals surface area contributed by atoms with Gasteiger partial charge in [0.15, 0.2) is 5.76 Å². The maximum Gasteiger partial charge on any atom is 0.291 e. The summed E-state index contributed by atoms with van der Waals surface area (Å²) in [7, 11) is -3.72. The third kappa shape index (κ3) is 5.86. The molecule has 1 aromatic carbocycles. The number of sulfonamides is 1. The first-order chi connectivity index (χ1) is 16.3. The minimum absolute atomic E-state index is 0.00531. The van der Waals surface area contributed by atoms with Crippen molar-refractivity contribution in [3.05, 3.63) is 47.7 Å². The molecule has 0 saturated carbocycles. The molecule has 184 valence electrons. The Balaban J connectivity index is 1.28. The largest absolute Gasteiger partial charge is 0.438 e. The minimum Gasteiger partial charge on any atom is -0.438 e. The highest BCUT2D eigenvalue weighted by Crippen LogP contribution is 2.23. The third-order valence-electron chi connectivity index (χ3n) is 6.63. The Labute approximate surface area is 200 Å². The van der Waals surface area contributed by atoms with E-state index in [0.29, 0.717) is 18.8 Å². The Morgan fingerprint density at radius 2 is 1.65 bits per heavy atom. The number of likely N-dealkylation sites (tertiary alicyclic amines) is 1. The number of amides is 2. The van der Waals surface area contributed by atoms with Crippen LogP contribution in [0.15, 0.2) is 45.9 Å². The van der Waals surface area contributed by atoms with E-state index in [0.717, 1.165) is 63.7 Å². The molecule has 34 heavy (non-hydrogen) atoms. The molecule has 1 aromatic heterocycles. The van der Waals surface area contributed by atoms with Crippen molar-refractivity contribution in [2.45, 2.75) is 43.6 Å². The molecule has 2 saturated heterocycles. The maximum atomic E-state index is 12.7. The molecule has 2 aliphatic heterocycles. The molecule has 0 radical (unpaired) electrons. The van der Waals surface area contributed by atoms with Crippen LogP contribution in [0.3, 0.4) is 0 Å². The van der Waals surface area contributed by atoms with Gasteiger partial charge in [-0.2, -0.15) is 4.31 Å². The van der Waals surface area contributed by atoms with E-state index in [1.54, 1.807) is 0 Å². The van der Waals surface area contributed by atoms with Crippen LogP contribution in [0, 0.1) is 5.92 Å². The maximum absolute atomic E-state index is 12.7. The van der Waals surface area contributed by atoms with Crippen LogP contribution in [0.4, 0.5) is 5.69 Å². The molecule has 3 N–H and O–H groups in total. The number of benzene rings is 1. The molecule has 2 aliphatic rings. The Kier molecular flexibility index (Phi) is 7.70. The molecule has 10 heteroatoms. The second kappa shape index (κ2) is 10.7. The number of carbonyl (C=O) groups excluding carboxylic acids is 2. The van der Waals surface area contributed by atoms with Crippen LogP contribution in [0.5, 0.6) is 0 Å². The topological polar surface area (TPSA) is 126 Å². The quantitative estimate of drug-likeness (QED) is 0.588. The summed E-state index contributed by atoms with van der Waals surface area (Å²) < 4.78 is 32.3. The summed E-state index contributed by atoms with van der Waals surface area (Å²) in [6.07, 6.45) is 5.17. The summed E-state index contributed by atoms with van der Waals surface area (Å²) in [4.78, 5) is 26.2. The number of nitrogens with one attached hydrogen (secondary N) is 1. The normalized spacial score (nSPS) is 18.6. The molecule has 0 spiro atoms. The van der Waals surface area contributed by atoms with Crippen LogP contribution in [0.1, 0.15) is 48.2 Å². The molecule has 4 rings (SSSR count). The highest BCUT2D eigenvalue weighted by atomic mass is 32.2. The Bertz CT molecular complexity index is 1100. The molecule has 2 fully saturated rings. The van der Waals surface area contributed by atoms with Gasteiger partial charge in [-0.1, -0.05) is 18.6 Å². The first-order valence-electron chi connectivity index (χ1n) is 11.8. The smallest absolute Gasteiger partial charge is 0.291 e. The number of nitrogens with zero attached hydrogens (tertiary/aromatic N) is 2. The van der Waals surface area contributed by atoms with Gasteiger partial charge in [0.25, 0.3) is 15.9 Å². The van der Waals surface area contributed by atoms with Crippen LogP contribution in [-0.4, -0.2) is 62.2 Å². The lowest BCUT2D eigenvalue weighted by Crippen LogP contribution is -2.39. The van der Waals surface area contributed by atoms with E-state index in [-0.39, 0.29) is 22.7 Å². The second-order valence-corrected chi connectivity index (χ2v) is 10.9. The van der Waals surface area contributed by atoms with Crippen LogP contribution in [0.25, 0.3) is 0 Å². The molecule has 0 aliphatic carbocycles. The van der Waals surface area contributed by atoms with E-state index < -0.39 is 15.9 Å². The van der Waals surface area contributed by atoms with Gasteiger partial charge >= 0.3 is 0 Å². The van der Waals surface area contributed by atoms with Crippen molar-refractivity contribution < 1.29 is 22.4 Å². The first-order valence-corrected chi connectivity index (χ1v) is 13.3. The zero-order chi connectivity index (χ0) is 24.1. The standard InChI is InChI=1S/C24H32N4O5S/c25-23(29)19-11-16-27(17-12-19)15-10-18-4-6-20(7-5-18)26-24(30)21-8-9-22(33-21)34(31,32)28-13-2-1-3-14-28/h4-9,19H,1-3,10-17H2,(H2,25,29)(H,26,30). The number of rotatable bonds is 8. The second-order valence-electron chi connectivity index (χ2n) is 9.00. The zero-order valence-corrected chi connectivity index (χ0v) is 20.1. The van der Waals surface area contributed by atoms with E-state index in [4.69, 9.17) is 10.2 Å². The average Bonchev–Trinajstić information content (AvgIpc) is 3.36. The summed E-state index contributed by atoms with van der Waals surface area (Å²) in [5.41, 5.74) is 7.14. The summed E-state index contributed by atoms with van der Waals surface area (Å²) in [6.45, 7) is 3.60. The number of furan rings is 1. The summed E-state index contributed by atoms with van der Waals surface area (Å²) in [5.74, 6) is -0.745. The van der Waals surface area contributed by atoms with Crippen molar-refractivity contribution in [2.75, 3.05) is 38.0 Å². The fourth-order valence-corrected chi connectivity index (χ4v) is 5.92. The van der Waals surface area contributed by atoms with Crippen LogP contribution >= 0.6 is 0 Å². The van der Waals surface area contributed by atoms with E-state index in [9.17, 15) is 18.0 Å². The third-order valence-corrected chi connectivity index (χ3v) is 8.41. The van der Waals surface area contributed by atoms with Crippen LogP contribution < -0.4 is 11.1 Å². The number of piperidine rings is 2. The van der Waals surface area contributed by atoms with Gasteiger partial charge in [0.05, 0.1) is 0 Å². The number of carbonyl (C=O) groups is 2. The van der Waals surface area contributed by atoms with Gasteiger partial charge in [-0.15, -0.1) is 0 Å². The average molecular weight is 489 g/mol. The Hall–Kier alpha value is -2.69. The number of hydrogen-bond donors (Lipinski definition) is 2. The number of primary amides is 1. The molecular formula is C24H32N4O5S. The molecule has 0 unspecified atom stereocenters. The fourth-order valence-electron chi connectivity index (χ4n) is 4.49. The fraction of sp³-hybridized carbons (Fsp3) is 0.500. The van der Waals surface area contributed by atoms with Crippen LogP contribution in [-0.2, 0) is 21.2 Å². The van der Waals surface area contributed by atoms with E-state index in [1.165, 1.54) is 16.4 Å². The van der Waals surface area contributed by atoms with Gasteiger partial charge < -0.3 is 20.4 Å². The molecule has 9 nitrogen and oxygen atoms in total. The molecule has 0 atom stereocenters. The lowest BCUT2D eigenvalue weighted by atomic mass is 9.96. The molecule has 0 bridgehead atoms. The summed E-state index contributed by atoms with van der Waals surface area (Å²) >= 11 is 0. The van der Waals surface area contributed by atoms with Crippen molar-refractivity contribution in [3.63, 3.8) is 0 Å². The van der Waals surface area contributed by atoms with Gasteiger partial charge in [0, 0.05) is 31.2 Å². The zero-order valence-electron chi connectivity index (χ0n) is 19.2. The molecule has 2 aromatic rings. The van der Waals surface area contributed by atoms with Crippen molar-refractivity contribution in [3.8, 4) is 0 Å². The predicted molar refractivity (Wildman–Crippen MR) is 128 cm³/mol. The van der Waals surface area contributed by atoms with Crippen LogP contribution in [0.2, 0.25) is 0 Å². The monoisotopic (exact) mass is 488 g/mol. The van der Waals surface area contributed by atoms with Gasteiger partial charge in [-0.25, -0.2) is 8.42 Å². The molecule has 3 heterocycles. The van der Waals surface area contributed by atoms with Gasteiger partial charge in [-0.3, -0.25) is 9.59 Å². The first kappa shape index (κ1) is 24.4. The van der Waals surface area contributed by atoms with Gasteiger partial charge in [0.1, 0.15) is 0 Å². The highest BCUT2D eigenvalue weighted by Gasteiger charge is 2.29. The van der Waals surface area contributed by atoms with Crippen molar-refractivity contribution in [1.29, 1.82) is 0 Å². The van der Waals surface area contributed by atoms with E-state index in [2.05, 4.69) is 10.2 Å². The summed E-state index contributed by atoms with van der Waals surface area (Å²) in [6, 6.07) is 10.3. The Morgan fingerprint density at radius 1 is 0.971 bits per heavy atom. The van der Waals surface area contributed by atoms with Crippen molar-refractivity contribution in [2.24, 2.45) is 11.7 Å². The lowest BCUT2D eigenvalue weighted by Gasteiger charge is -2.30. The minimum atomic E-state index is -3.72. The highest BCUT2D eigenvalue weighted by molar-refractivity contribution is 7.89. The van der Waals surface area contributed by atoms with E-state index in [1.807, 2.05) is 24.3 Å². The molecular weight excluding hydrogens is 456 g/mol. The van der Waals surface area contributed by atoms with Gasteiger partial charge in [0.2, 0.25) is 11.0 Å². The van der Waals surface area contributed by atoms with Gasteiger partial charge in [-0.05, 0) is 75.0 Å². The SMILES string of the molecule is NC(=O)C1CCN(CCc2ccc(NC(=O)c3ccc(S(=O)(=O)N4CCCCC4)o3)cc2)CC1. The Morgan fingerprint density at radius 3 is 2.29 bits per heavy atom. The predicted octanol–water partition coefficient (Wildman–Crippen LogP) is 2.45. The molecule has 2 amide bonds. The number of anilines is 1.